The lowest BCUT2D eigenvalue weighted by Crippen LogP contribution is -2.35. The maximum absolute atomic E-state index is 8.85. The predicted octanol–water partition coefficient (Wildman–Crippen LogP) is 1.09. The average Bonchev–Trinajstić information content (AvgIpc) is 2.24. The first kappa shape index (κ1) is 12.5. The highest BCUT2D eigenvalue weighted by atomic mass is 35.5. The van der Waals surface area contributed by atoms with Gasteiger partial charge in [0, 0.05) is 11.6 Å². The number of hydrogen-bond acceptors (Lipinski definition) is 3. The fraction of sp³-hybridized carbons (Fsp3) is 0.455. The number of benzene rings is 1. The summed E-state index contributed by atoms with van der Waals surface area (Å²) in [5.74, 6) is 0. The van der Waals surface area contributed by atoms with E-state index in [1.54, 1.807) is 0 Å². The van der Waals surface area contributed by atoms with Crippen LogP contribution in [0.2, 0.25) is 5.02 Å². The summed E-state index contributed by atoms with van der Waals surface area (Å²) in [5, 5.41) is 21.5. The van der Waals surface area contributed by atoms with Crippen LogP contribution in [-0.2, 0) is 6.54 Å². The van der Waals surface area contributed by atoms with Crippen molar-refractivity contribution < 1.29 is 10.2 Å². The van der Waals surface area contributed by atoms with Crippen molar-refractivity contribution >= 4 is 11.6 Å². The molecule has 0 spiro atoms. The van der Waals surface area contributed by atoms with E-state index < -0.39 is 0 Å². The molecule has 15 heavy (non-hydrogen) atoms. The Balaban J connectivity index is 2.54. The minimum absolute atomic E-state index is 0.0733. The van der Waals surface area contributed by atoms with E-state index in [9.17, 15) is 0 Å². The Morgan fingerprint density at radius 2 is 2.00 bits per heavy atom. The van der Waals surface area contributed by atoms with Gasteiger partial charge in [-0.05, 0) is 24.1 Å². The van der Waals surface area contributed by atoms with E-state index in [2.05, 4.69) is 5.32 Å². The minimum atomic E-state index is -0.273. The van der Waals surface area contributed by atoms with Gasteiger partial charge in [-0.15, -0.1) is 0 Å². The quantitative estimate of drug-likeness (QED) is 0.709. The summed E-state index contributed by atoms with van der Waals surface area (Å²) in [6.07, 6.45) is 0. The van der Waals surface area contributed by atoms with Crippen LogP contribution in [0.4, 0.5) is 0 Å². The second-order valence-electron chi connectivity index (χ2n) is 3.53. The maximum Gasteiger partial charge on any atom is 0.0607 e. The molecule has 0 aliphatic rings. The zero-order valence-corrected chi connectivity index (χ0v) is 9.46. The van der Waals surface area contributed by atoms with Crippen LogP contribution >= 0.6 is 11.6 Å². The molecule has 0 aliphatic heterocycles. The predicted molar refractivity (Wildman–Crippen MR) is 61.0 cm³/mol. The highest BCUT2D eigenvalue weighted by Gasteiger charge is 2.04. The Kier molecular flexibility index (Phi) is 5.05. The summed E-state index contributed by atoms with van der Waals surface area (Å²) in [6, 6.07) is 5.53. The third-order valence-electron chi connectivity index (χ3n) is 2.27. The van der Waals surface area contributed by atoms with Gasteiger partial charge in [0.1, 0.15) is 0 Å². The van der Waals surface area contributed by atoms with Crippen molar-refractivity contribution in [2.75, 3.05) is 13.2 Å². The summed E-state index contributed by atoms with van der Waals surface area (Å²) in [5.41, 5.74) is 2.08. The van der Waals surface area contributed by atoms with E-state index in [0.29, 0.717) is 6.54 Å². The molecule has 3 nitrogen and oxygen atoms in total. The molecule has 0 aromatic heterocycles. The van der Waals surface area contributed by atoms with Gasteiger partial charge in [0.15, 0.2) is 0 Å². The van der Waals surface area contributed by atoms with Crippen LogP contribution in [0.25, 0.3) is 0 Å². The molecule has 0 fully saturated rings. The molecular weight excluding hydrogens is 214 g/mol. The Hall–Kier alpha value is -0.610. The van der Waals surface area contributed by atoms with Crippen LogP contribution in [0.5, 0.6) is 0 Å². The van der Waals surface area contributed by atoms with E-state index in [4.69, 9.17) is 21.8 Å². The van der Waals surface area contributed by atoms with Gasteiger partial charge in [-0.1, -0.05) is 23.7 Å². The monoisotopic (exact) mass is 229 g/mol. The van der Waals surface area contributed by atoms with Crippen LogP contribution in [0.15, 0.2) is 18.2 Å². The van der Waals surface area contributed by atoms with Gasteiger partial charge in [0.05, 0.1) is 19.3 Å². The SMILES string of the molecule is Cc1ccc(CNC(CO)CO)cc1Cl. The van der Waals surface area contributed by atoms with Crippen molar-refractivity contribution in [2.45, 2.75) is 19.5 Å². The smallest absolute Gasteiger partial charge is 0.0607 e. The average molecular weight is 230 g/mol. The van der Waals surface area contributed by atoms with Crippen molar-refractivity contribution in [3.8, 4) is 0 Å². The lowest BCUT2D eigenvalue weighted by Gasteiger charge is -2.13. The minimum Gasteiger partial charge on any atom is -0.395 e. The van der Waals surface area contributed by atoms with Crippen molar-refractivity contribution in [1.29, 1.82) is 0 Å². The van der Waals surface area contributed by atoms with Crippen LogP contribution < -0.4 is 5.32 Å². The summed E-state index contributed by atoms with van der Waals surface area (Å²) in [4.78, 5) is 0. The number of halogens is 1. The Labute approximate surface area is 94.7 Å². The van der Waals surface area contributed by atoms with Crippen LogP contribution in [0.3, 0.4) is 0 Å². The molecule has 84 valence electrons. The van der Waals surface area contributed by atoms with Crippen molar-refractivity contribution in [2.24, 2.45) is 0 Å². The first-order valence-electron chi connectivity index (χ1n) is 4.87. The third kappa shape index (κ3) is 3.80. The second kappa shape index (κ2) is 6.08. The van der Waals surface area contributed by atoms with Gasteiger partial charge in [-0.3, -0.25) is 0 Å². The van der Waals surface area contributed by atoms with Gasteiger partial charge in [-0.25, -0.2) is 0 Å². The first-order chi connectivity index (χ1) is 7.17. The van der Waals surface area contributed by atoms with Crippen molar-refractivity contribution in [3.63, 3.8) is 0 Å². The topological polar surface area (TPSA) is 52.5 Å². The van der Waals surface area contributed by atoms with Crippen molar-refractivity contribution in [3.05, 3.63) is 34.3 Å². The molecule has 1 aromatic rings. The zero-order chi connectivity index (χ0) is 11.3. The normalized spacial score (nSPS) is 11.0. The Morgan fingerprint density at radius 3 is 2.53 bits per heavy atom. The highest BCUT2D eigenvalue weighted by Crippen LogP contribution is 2.16. The van der Waals surface area contributed by atoms with Crippen LogP contribution in [-0.4, -0.2) is 29.5 Å². The lowest BCUT2D eigenvalue weighted by atomic mass is 10.1. The number of aryl methyl sites for hydroxylation is 1. The lowest BCUT2D eigenvalue weighted by molar-refractivity contribution is 0.170. The largest absolute Gasteiger partial charge is 0.395 e. The summed E-state index contributed by atoms with van der Waals surface area (Å²) >= 11 is 5.97. The molecule has 0 saturated heterocycles. The molecule has 0 radical (unpaired) electrons. The van der Waals surface area contributed by atoms with E-state index in [0.717, 1.165) is 16.1 Å². The molecule has 0 bridgehead atoms. The van der Waals surface area contributed by atoms with Gasteiger partial charge >= 0.3 is 0 Å². The molecule has 0 saturated carbocycles. The fourth-order valence-corrected chi connectivity index (χ4v) is 1.40. The van der Waals surface area contributed by atoms with E-state index in [-0.39, 0.29) is 19.3 Å². The number of nitrogens with one attached hydrogen (secondary N) is 1. The molecule has 4 heteroatoms. The molecular formula is C11H16ClNO2. The van der Waals surface area contributed by atoms with Gasteiger partial charge in [0.2, 0.25) is 0 Å². The Bertz CT molecular complexity index is 313. The number of rotatable bonds is 5. The molecule has 0 unspecified atom stereocenters. The summed E-state index contributed by atoms with van der Waals surface area (Å²) in [6.45, 7) is 2.39. The summed E-state index contributed by atoms with van der Waals surface area (Å²) < 4.78 is 0. The second-order valence-corrected chi connectivity index (χ2v) is 3.93. The van der Waals surface area contributed by atoms with Crippen LogP contribution in [0.1, 0.15) is 11.1 Å². The van der Waals surface area contributed by atoms with Gasteiger partial charge < -0.3 is 15.5 Å². The number of hydrogen-bond donors (Lipinski definition) is 3. The van der Waals surface area contributed by atoms with E-state index in [1.807, 2.05) is 25.1 Å². The summed E-state index contributed by atoms with van der Waals surface area (Å²) in [7, 11) is 0. The van der Waals surface area contributed by atoms with E-state index >= 15 is 0 Å². The fourth-order valence-electron chi connectivity index (χ4n) is 1.20. The molecule has 0 atom stereocenters. The number of aliphatic hydroxyl groups is 2. The van der Waals surface area contributed by atoms with Crippen molar-refractivity contribution in [1.82, 2.24) is 5.32 Å². The van der Waals surface area contributed by atoms with E-state index in [1.165, 1.54) is 0 Å². The zero-order valence-electron chi connectivity index (χ0n) is 8.70. The number of aliphatic hydroxyl groups excluding tert-OH is 2. The standard InChI is InChI=1S/C11H16ClNO2/c1-8-2-3-9(4-11(8)12)5-13-10(6-14)7-15/h2-4,10,13-15H,5-7H2,1H3. The molecule has 0 heterocycles. The van der Waals surface area contributed by atoms with Gasteiger partial charge in [0.25, 0.3) is 0 Å². The molecule has 1 rings (SSSR count). The maximum atomic E-state index is 8.85. The first-order valence-corrected chi connectivity index (χ1v) is 5.25. The van der Waals surface area contributed by atoms with Gasteiger partial charge in [-0.2, -0.15) is 0 Å². The molecule has 3 N–H and O–H groups in total. The molecule has 1 aromatic carbocycles. The molecule has 0 aliphatic carbocycles. The Morgan fingerprint density at radius 1 is 1.33 bits per heavy atom. The van der Waals surface area contributed by atoms with Crippen LogP contribution in [0, 0.1) is 6.92 Å². The molecule has 0 amide bonds. The third-order valence-corrected chi connectivity index (χ3v) is 2.68. The highest BCUT2D eigenvalue weighted by molar-refractivity contribution is 6.31.